The van der Waals surface area contributed by atoms with E-state index < -0.39 is 0 Å². The van der Waals surface area contributed by atoms with Crippen molar-refractivity contribution in [3.63, 3.8) is 0 Å². The Hall–Kier alpha value is -8.52. The maximum Gasteiger partial charge on any atom is 0.143 e. The second kappa shape index (κ2) is 15.1. The smallest absolute Gasteiger partial charge is 0.143 e. The molecule has 1 heteroatoms. The fraction of sp³-hybridized carbons (Fsp3) is 0. The van der Waals surface area contributed by atoms with E-state index in [1.165, 1.54) is 98.7 Å². The molecule has 0 unspecified atom stereocenters. The lowest BCUT2D eigenvalue weighted by atomic mass is 9.85. The van der Waals surface area contributed by atoms with Gasteiger partial charge in [-0.1, -0.05) is 218 Å². The van der Waals surface area contributed by atoms with Crippen molar-refractivity contribution in [2.75, 3.05) is 0 Å². The van der Waals surface area contributed by atoms with E-state index in [-0.39, 0.29) is 0 Å². The summed E-state index contributed by atoms with van der Waals surface area (Å²) in [6.45, 7) is 0. The van der Waals surface area contributed by atoms with Crippen LogP contribution in [0.1, 0.15) is 0 Å². The number of para-hydroxylation sites is 1. The van der Waals surface area contributed by atoms with Crippen molar-refractivity contribution in [2.45, 2.75) is 0 Å². The van der Waals surface area contributed by atoms with Gasteiger partial charge in [0.05, 0.1) is 0 Å². The second-order valence-electron chi connectivity index (χ2n) is 17.1. The lowest BCUT2D eigenvalue weighted by Gasteiger charge is -2.18. The van der Waals surface area contributed by atoms with Gasteiger partial charge in [0.15, 0.2) is 0 Å². The number of fused-ring (bicyclic) bond motifs is 7. The highest BCUT2D eigenvalue weighted by Gasteiger charge is 2.22. The number of benzene rings is 12. The summed E-state index contributed by atoms with van der Waals surface area (Å²) in [5.74, 6) is 0. The molecule has 0 bridgehead atoms. The molecular formula is C64H40O. The van der Waals surface area contributed by atoms with Gasteiger partial charge in [0.25, 0.3) is 0 Å². The molecule has 65 heavy (non-hydrogen) atoms. The monoisotopic (exact) mass is 824 g/mol. The maximum atomic E-state index is 7.15. The normalized spacial score (nSPS) is 11.7. The molecule has 13 rings (SSSR count). The minimum atomic E-state index is 0.876. The van der Waals surface area contributed by atoms with Gasteiger partial charge in [-0.3, -0.25) is 0 Å². The van der Waals surface area contributed by atoms with Crippen LogP contribution in [0.4, 0.5) is 0 Å². The molecule has 1 heterocycles. The van der Waals surface area contributed by atoms with Gasteiger partial charge in [-0.2, -0.15) is 0 Å². The molecule has 1 nitrogen and oxygen atoms in total. The van der Waals surface area contributed by atoms with Crippen LogP contribution in [0.5, 0.6) is 0 Å². The van der Waals surface area contributed by atoms with E-state index in [1.54, 1.807) is 0 Å². The van der Waals surface area contributed by atoms with Crippen LogP contribution in [-0.4, -0.2) is 0 Å². The number of rotatable bonds is 6. The third kappa shape index (κ3) is 6.01. The first-order valence-electron chi connectivity index (χ1n) is 22.4. The zero-order valence-electron chi connectivity index (χ0n) is 35.5. The predicted molar refractivity (Wildman–Crippen MR) is 276 cm³/mol. The summed E-state index contributed by atoms with van der Waals surface area (Å²) in [4.78, 5) is 0. The molecule has 0 aliphatic rings. The van der Waals surface area contributed by atoms with Crippen LogP contribution < -0.4 is 0 Å². The zero-order valence-corrected chi connectivity index (χ0v) is 35.5. The third-order valence-electron chi connectivity index (χ3n) is 13.4. The largest absolute Gasteiger partial charge is 0.455 e. The van der Waals surface area contributed by atoms with E-state index in [4.69, 9.17) is 4.42 Å². The van der Waals surface area contributed by atoms with Crippen molar-refractivity contribution in [1.29, 1.82) is 0 Å². The quantitative estimate of drug-likeness (QED) is 0.152. The fourth-order valence-corrected chi connectivity index (χ4v) is 10.6. The van der Waals surface area contributed by atoms with Crippen molar-refractivity contribution in [1.82, 2.24) is 0 Å². The molecule has 0 aliphatic heterocycles. The van der Waals surface area contributed by atoms with Crippen LogP contribution in [0.25, 0.3) is 132 Å². The van der Waals surface area contributed by atoms with Crippen LogP contribution in [0.15, 0.2) is 247 Å². The molecular weight excluding hydrogens is 785 g/mol. The third-order valence-corrected chi connectivity index (χ3v) is 13.4. The van der Waals surface area contributed by atoms with Crippen molar-refractivity contribution < 1.29 is 4.42 Å². The molecule has 0 atom stereocenters. The number of hydrogen-bond donors (Lipinski definition) is 0. The Balaban J connectivity index is 1.00. The second-order valence-corrected chi connectivity index (χ2v) is 17.1. The topological polar surface area (TPSA) is 13.1 Å². The van der Waals surface area contributed by atoms with Gasteiger partial charge in [0.2, 0.25) is 0 Å². The van der Waals surface area contributed by atoms with Gasteiger partial charge in [-0.05, 0) is 123 Å². The zero-order chi connectivity index (χ0) is 42.8. The van der Waals surface area contributed by atoms with Crippen LogP contribution in [0.2, 0.25) is 0 Å². The Morgan fingerprint density at radius 3 is 0.985 bits per heavy atom. The van der Waals surface area contributed by atoms with Crippen LogP contribution in [0, 0.1) is 0 Å². The van der Waals surface area contributed by atoms with Gasteiger partial charge in [0.1, 0.15) is 11.2 Å². The van der Waals surface area contributed by atoms with Crippen LogP contribution in [-0.2, 0) is 0 Å². The Labute approximate surface area is 377 Å². The molecule has 302 valence electrons. The Morgan fingerprint density at radius 2 is 0.538 bits per heavy atom. The summed E-state index contributed by atoms with van der Waals surface area (Å²) in [6.07, 6.45) is 0. The molecule has 0 amide bonds. The van der Waals surface area contributed by atoms with E-state index in [9.17, 15) is 0 Å². The van der Waals surface area contributed by atoms with E-state index >= 15 is 0 Å². The summed E-state index contributed by atoms with van der Waals surface area (Å²) in [7, 11) is 0. The highest BCUT2D eigenvalue weighted by atomic mass is 16.3. The lowest BCUT2D eigenvalue weighted by Crippen LogP contribution is -1.91. The standard InChI is InChI=1S/C64H40O/c1-3-18-41(19-4-1)43-22-15-24-45(38-43)60-49-26-7-9-28-51(49)62(52-29-10-8-27-50(52)60)47-36-37-48-57-34-17-35-58(64(57)65-59(48)40-47)63-55-32-13-11-30-53(55)61(54-31-12-14-33-56(54)63)46-25-16-23-44(39-46)42-20-5-2-6-21-42/h1-40H. The molecule has 0 saturated carbocycles. The van der Waals surface area contributed by atoms with Crippen LogP contribution in [0.3, 0.4) is 0 Å². The van der Waals surface area contributed by atoms with Crippen molar-refractivity contribution in [3.8, 4) is 66.8 Å². The number of furan rings is 1. The summed E-state index contributed by atoms with van der Waals surface area (Å²) in [5.41, 5.74) is 16.1. The average Bonchev–Trinajstić information content (AvgIpc) is 3.76. The van der Waals surface area contributed by atoms with E-state index in [2.05, 4.69) is 243 Å². The van der Waals surface area contributed by atoms with Gasteiger partial charge in [-0.25, -0.2) is 0 Å². The highest BCUT2D eigenvalue weighted by molar-refractivity contribution is 6.25. The fourth-order valence-electron chi connectivity index (χ4n) is 10.6. The summed E-state index contributed by atoms with van der Waals surface area (Å²) in [6, 6.07) is 88.3. The SMILES string of the molecule is c1ccc(-c2cccc(-c3c4ccccc4c(-c4ccc5c(c4)oc4c(-c6c7ccccc7c(-c7cccc(-c8ccccc8)c7)c7ccccc67)cccc45)c4ccccc34)c2)cc1. The minimum Gasteiger partial charge on any atom is -0.455 e. The van der Waals surface area contributed by atoms with Crippen LogP contribution >= 0.6 is 0 Å². The molecule has 13 aromatic rings. The van der Waals surface area contributed by atoms with E-state index in [0.29, 0.717) is 0 Å². The van der Waals surface area contributed by atoms with E-state index in [0.717, 1.165) is 33.1 Å². The minimum absolute atomic E-state index is 0.876. The molecule has 0 spiro atoms. The van der Waals surface area contributed by atoms with Gasteiger partial charge in [-0.15, -0.1) is 0 Å². The van der Waals surface area contributed by atoms with E-state index in [1.807, 2.05) is 0 Å². The number of hydrogen-bond acceptors (Lipinski definition) is 1. The molecule has 12 aromatic carbocycles. The van der Waals surface area contributed by atoms with Gasteiger partial charge >= 0.3 is 0 Å². The highest BCUT2D eigenvalue weighted by Crippen LogP contribution is 2.49. The lowest BCUT2D eigenvalue weighted by molar-refractivity contribution is 0.670. The Morgan fingerprint density at radius 1 is 0.200 bits per heavy atom. The predicted octanol–water partition coefficient (Wildman–Crippen LogP) is 18.2. The summed E-state index contributed by atoms with van der Waals surface area (Å²) >= 11 is 0. The molecule has 1 aromatic heterocycles. The van der Waals surface area contributed by atoms with Crippen molar-refractivity contribution in [2.24, 2.45) is 0 Å². The first-order chi connectivity index (χ1) is 32.3. The maximum absolute atomic E-state index is 7.15. The summed E-state index contributed by atoms with van der Waals surface area (Å²) < 4.78 is 7.15. The molecule has 0 fully saturated rings. The molecule has 0 aliphatic carbocycles. The first kappa shape index (κ1) is 37.1. The average molecular weight is 825 g/mol. The van der Waals surface area contributed by atoms with Crippen molar-refractivity contribution >= 4 is 65.0 Å². The molecule has 0 N–H and O–H groups in total. The van der Waals surface area contributed by atoms with Gasteiger partial charge < -0.3 is 4.42 Å². The Kier molecular flexibility index (Phi) is 8.60. The molecule has 0 saturated heterocycles. The molecule has 0 radical (unpaired) electrons. The Bertz CT molecular complexity index is 3870. The van der Waals surface area contributed by atoms with Gasteiger partial charge in [0, 0.05) is 21.9 Å². The summed E-state index contributed by atoms with van der Waals surface area (Å²) in [5, 5.41) is 12.0. The van der Waals surface area contributed by atoms with Crippen molar-refractivity contribution in [3.05, 3.63) is 243 Å². The first-order valence-corrected chi connectivity index (χ1v) is 22.4.